The van der Waals surface area contributed by atoms with Crippen LogP contribution in [0, 0.1) is 18.3 Å². The van der Waals surface area contributed by atoms with Crippen molar-refractivity contribution in [2.24, 2.45) is 0 Å². The quantitative estimate of drug-likeness (QED) is 0.523. The summed E-state index contributed by atoms with van der Waals surface area (Å²) in [6.45, 7) is 1.91. The molecular formula is C22H17N3O3. The van der Waals surface area contributed by atoms with E-state index in [2.05, 4.69) is 5.32 Å². The Morgan fingerprint density at radius 3 is 2.61 bits per heavy atom. The van der Waals surface area contributed by atoms with Crippen molar-refractivity contribution in [3.8, 4) is 11.8 Å². The maximum Gasteiger partial charge on any atom is 0.335 e. The number of amides is 1. The monoisotopic (exact) mass is 371 g/mol. The maximum atomic E-state index is 12.5. The predicted octanol–water partition coefficient (Wildman–Crippen LogP) is 4.03. The Labute approximate surface area is 162 Å². The number of nitriles is 1. The minimum Gasteiger partial charge on any atom is -0.478 e. The molecule has 0 saturated carbocycles. The molecule has 0 bridgehead atoms. The van der Waals surface area contributed by atoms with Gasteiger partial charge >= 0.3 is 5.97 Å². The number of hydrogen-bond acceptors (Lipinski definition) is 3. The minimum atomic E-state index is -1.03. The summed E-state index contributed by atoms with van der Waals surface area (Å²) in [5.74, 6) is -1.54. The summed E-state index contributed by atoms with van der Waals surface area (Å²) >= 11 is 0. The van der Waals surface area contributed by atoms with Crippen molar-refractivity contribution in [2.45, 2.75) is 6.92 Å². The Morgan fingerprint density at radius 2 is 1.89 bits per heavy atom. The van der Waals surface area contributed by atoms with Gasteiger partial charge in [0.1, 0.15) is 11.6 Å². The lowest BCUT2D eigenvalue weighted by Crippen LogP contribution is -2.13. The fourth-order valence-electron chi connectivity index (χ4n) is 2.75. The van der Waals surface area contributed by atoms with Gasteiger partial charge in [0.05, 0.1) is 5.56 Å². The largest absolute Gasteiger partial charge is 0.478 e. The zero-order valence-electron chi connectivity index (χ0n) is 15.1. The fourth-order valence-corrected chi connectivity index (χ4v) is 2.75. The normalized spacial score (nSPS) is 10.9. The molecule has 3 aromatic rings. The smallest absolute Gasteiger partial charge is 0.335 e. The number of aryl methyl sites for hydroxylation is 1. The Bertz CT molecular complexity index is 1120. The Hall–Kier alpha value is -4.11. The van der Waals surface area contributed by atoms with Gasteiger partial charge in [-0.3, -0.25) is 4.79 Å². The van der Waals surface area contributed by atoms with Crippen molar-refractivity contribution in [1.82, 2.24) is 4.57 Å². The van der Waals surface area contributed by atoms with Crippen LogP contribution < -0.4 is 5.32 Å². The average molecular weight is 371 g/mol. The first-order chi connectivity index (χ1) is 13.5. The minimum absolute atomic E-state index is 0.0594. The van der Waals surface area contributed by atoms with Crippen molar-refractivity contribution >= 4 is 23.6 Å². The van der Waals surface area contributed by atoms with Gasteiger partial charge in [-0.15, -0.1) is 0 Å². The first kappa shape index (κ1) is 18.7. The number of aromatic carboxylic acids is 1. The number of nitrogens with zero attached hydrogens (tertiary/aromatic N) is 2. The lowest BCUT2D eigenvalue weighted by molar-refractivity contribution is -0.112. The molecule has 1 aromatic heterocycles. The number of carbonyl (C=O) groups is 2. The van der Waals surface area contributed by atoms with Gasteiger partial charge in [0, 0.05) is 23.3 Å². The molecule has 6 nitrogen and oxygen atoms in total. The van der Waals surface area contributed by atoms with E-state index in [1.807, 2.05) is 31.2 Å². The number of aromatic nitrogens is 1. The molecule has 0 aliphatic carbocycles. The van der Waals surface area contributed by atoms with Crippen LogP contribution >= 0.6 is 0 Å². The van der Waals surface area contributed by atoms with Crippen LogP contribution in [-0.2, 0) is 4.79 Å². The first-order valence-corrected chi connectivity index (χ1v) is 8.49. The van der Waals surface area contributed by atoms with E-state index in [-0.39, 0.29) is 11.1 Å². The van der Waals surface area contributed by atoms with Crippen LogP contribution in [0.5, 0.6) is 0 Å². The van der Waals surface area contributed by atoms with Crippen LogP contribution in [0.4, 0.5) is 5.69 Å². The summed E-state index contributed by atoms with van der Waals surface area (Å²) in [5, 5.41) is 21.3. The van der Waals surface area contributed by atoms with E-state index in [0.29, 0.717) is 17.1 Å². The zero-order valence-corrected chi connectivity index (χ0v) is 15.1. The highest BCUT2D eigenvalue weighted by atomic mass is 16.4. The molecular weight excluding hydrogens is 354 g/mol. The van der Waals surface area contributed by atoms with Gasteiger partial charge in [-0.25, -0.2) is 4.79 Å². The molecule has 2 N–H and O–H groups in total. The van der Waals surface area contributed by atoms with E-state index in [1.54, 1.807) is 41.1 Å². The number of rotatable bonds is 5. The molecule has 0 saturated heterocycles. The van der Waals surface area contributed by atoms with Crippen LogP contribution in [0.15, 0.2) is 72.4 Å². The van der Waals surface area contributed by atoms with Crippen molar-refractivity contribution in [3.05, 3.63) is 89.3 Å². The summed E-state index contributed by atoms with van der Waals surface area (Å²) < 4.78 is 1.71. The average Bonchev–Trinajstić information content (AvgIpc) is 3.14. The Balaban J connectivity index is 1.91. The van der Waals surface area contributed by atoms with Gasteiger partial charge in [-0.05, 0) is 61.0 Å². The molecule has 3 rings (SSSR count). The molecule has 0 unspecified atom stereocenters. The van der Waals surface area contributed by atoms with Crippen molar-refractivity contribution in [3.63, 3.8) is 0 Å². The van der Waals surface area contributed by atoms with E-state index in [1.165, 1.54) is 18.2 Å². The lowest BCUT2D eigenvalue weighted by Gasteiger charge is -2.09. The van der Waals surface area contributed by atoms with E-state index < -0.39 is 11.9 Å². The second-order valence-electron chi connectivity index (χ2n) is 6.15. The molecule has 138 valence electrons. The van der Waals surface area contributed by atoms with E-state index in [9.17, 15) is 20.0 Å². The summed E-state index contributed by atoms with van der Waals surface area (Å²) in [4.78, 5) is 23.7. The van der Waals surface area contributed by atoms with Crippen LogP contribution in [0.2, 0.25) is 0 Å². The fraction of sp³-hybridized carbons (Fsp3) is 0.0455. The summed E-state index contributed by atoms with van der Waals surface area (Å²) in [7, 11) is 0. The number of benzene rings is 2. The second-order valence-corrected chi connectivity index (χ2v) is 6.15. The summed E-state index contributed by atoms with van der Waals surface area (Å²) in [5.41, 5.74) is 2.89. The third-order valence-electron chi connectivity index (χ3n) is 4.08. The second kappa shape index (κ2) is 8.06. The van der Waals surface area contributed by atoms with Crippen molar-refractivity contribution < 1.29 is 14.7 Å². The van der Waals surface area contributed by atoms with Crippen LogP contribution in [0.3, 0.4) is 0 Å². The van der Waals surface area contributed by atoms with Gasteiger partial charge in [0.25, 0.3) is 5.91 Å². The summed E-state index contributed by atoms with van der Waals surface area (Å²) in [6, 6.07) is 19.1. The standard InChI is InChI=1S/C22H17N3O3/c1-15-5-2-7-18(11-15)24-21(26)17(14-23)13-20-9-4-10-25(20)19-8-3-6-16(12-19)22(27)28/h2-13H,1H3,(H,24,26)(H,27,28)/b17-13+. The topological polar surface area (TPSA) is 95.1 Å². The van der Waals surface area contributed by atoms with Gasteiger partial charge < -0.3 is 15.0 Å². The molecule has 28 heavy (non-hydrogen) atoms. The predicted molar refractivity (Wildman–Crippen MR) is 106 cm³/mol. The highest BCUT2D eigenvalue weighted by molar-refractivity contribution is 6.09. The molecule has 0 fully saturated rings. The van der Waals surface area contributed by atoms with Gasteiger partial charge in [-0.1, -0.05) is 18.2 Å². The number of carbonyl (C=O) groups excluding carboxylic acids is 1. The third kappa shape index (κ3) is 4.17. The number of carboxylic acids is 1. The van der Waals surface area contributed by atoms with Crippen LogP contribution in [0.1, 0.15) is 21.6 Å². The SMILES string of the molecule is Cc1cccc(NC(=O)/C(C#N)=C/c2cccn2-c2cccc(C(=O)O)c2)c1. The highest BCUT2D eigenvalue weighted by Gasteiger charge is 2.12. The zero-order chi connectivity index (χ0) is 20.1. The van der Waals surface area contributed by atoms with Gasteiger partial charge in [-0.2, -0.15) is 5.26 Å². The molecule has 0 aliphatic rings. The maximum absolute atomic E-state index is 12.5. The highest BCUT2D eigenvalue weighted by Crippen LogP contribution is 2.18. The summed E-state index contributed by atoms with van der Waals surface area (Å²) in [6.07, 6.45) is 3.21. The van der Waals surface area contributed by atoms with Gasteiger partial charge in [0.15, 0.2) is 0 Å². The first-order valence-electron chi connectivity index (χ1n) is 8.49. The van der Waals surface area contributed by atoms with E-state index >= 15 is 0 Å². The molecule has 0 spiro atoms. The van der Waals surface area contributed by atoms with Crippen LogP contribution in [-0.4, -0.2) is 21.6 Å². The number of nitrogens with one attached hydrogen (secondary N) is 1. The Kier molecular flexibility index (Phi) is 5.38. The third-order valence-corrected chi connectivity index (χ3v) is 4.08. The molecule has 1 heterocycles. The molecule has 0 aliphatic heterocycles. The number of hydrogen-bond donors (Lipinski definition) is 2. The molecule has 6 heteroatoms. The van der Waals surface area contributed by atoms with E-state index in [0.717, 1.165) is 5.56 Å². The van der Waals surface area contributed by atoms with E-state index in [4.69, 9.17) is 0 Å². The van der Waals surface area contributed by atoms with Crippen molar-refractivity contribution in [2.75, 3.05) is 5.32 Å². The van der Waals surface area contributed by atoms with Crippen LogP contribution in [0.25, 0.3) is 11.8 Å². The number of carboxylic acid groups (broad SMARTS) is 1. The molecule has 0 atom stereocenters. The molecule has 1 amide bonds. The number of anilines is 1. The van der Waals surface area contributed by atoms with Gasteiger partial charge in [0.2, 0.25) is 0 Å². The molecule has 2 aromatic carbocycles. The van der Waals surface area contributed by atoms with Crippen molar-refractivity contribution in [1.29, 1.82) is 5.26 Å². The Morgan fingerprint density at radius 1 is 1.11 bits per heavy atom. The lowest BCUT2D eigenvalue weighted by atomic mass is 10.1. The molecule has 0 radical (unpaired) electrons.